The van der Waals surface area contributed by atoms with Crippen LogP contribution in [-0.4, -0.2) is 0 Å². The van der Waals surface area contributed by atoms with E-state index in [1.165, 1.54) is 16.7 Å². The maximum absolute atomic E-state index is 2.44. The summed E-state index contributed by atoms with van der Waals surface area (Å²) in [5.41, 5.74) is 4.24. The molecule has 0 fully saturated rings. The lowest BCUT2D eigenvalue weighted by molar-refractivity contribution is 0.503. The van der Waals surface area contributed by atoms with Crippen molar-refractivity contribution in [2.24, 2.45) is 11.8 Å². The Hall–Kier alpha value is -1.56. The van der Waals surface area contributed by atoms with Gasteiger partial charge in [0, 0.05) is 5.41 Å². The van der Waals surface area contributed by atoms with Gasteiger partial charge >= 0.3 is 0 Å². The van der Waals surface area contributed by atoms with Gasteiger partial charge in [0.1, 0.15) is 0 Å². The fourth-order valence-electron chi connectivity index (χ4n) is 3.07. The van der Waals surface area contributed by atoms with E-state index >= 15 is 0 Å². The Balaban J connectivity index is 2.16. The minimum atomic E-state index is 0.0823. The Kier molecular flexibility index (Phi) is 4.88. The SMILES string of the molecule is CC=CC(C)C1C=CC(C(C)(C)c2ccc(C)cc2)=CC1. The van der Waals surface area contributed by atoms with Crippen molar-refractivity contribution in [1.29, 1.82) is 0 Å². The third kappa shape index (κ3) is 3.56. The van der Waals surface area contributed by atoms with Crippen molar-refractivity contribution in [3.05, 3.63) is 71.3 Å². The minimum absolute atomic E-state index is 0.0823. The summed E-state index contributed by atoms with van der Waals surface area (Å²) in [6.07, 6.45) is 12.8. The van der Waals surface area contributed by atoms with Crippen molar-refractivity contribution in [3.63, 3.8) is 0 Å². The highest BCUT2D eigenvalue weighted by molar-refractivity contribution is 5.42. The van der Waals surface area contributed by atoms with Crippen LogP contribution in [-0.2, 0) is 5.41 Å². The van der Waals surface area contributed by atoms with Gasteiger partial charge in [0.25, 0.3) is 0 Å². The second-order valence-corrected chi connectivity index (χ2v) is 6.79. The van der Waals surface area contributed by atoms with Gasteiger partial charge in [0.15, 0.2) is 0 Å². The molecule has 2 rings (SSSR count). The van der Waals surface area contributed by atoms with Crippen LogP contribution >= 0.6 is 0 Å². The van der Waals surface area contributed by atoms with E-state index in [0.29, 0.717) is 11.8 Å². The molecule has 2 unspecified atom stereocenters. The Morgan fingerprint density at radius 2 is 1.86 bits per heavy atom. The molecular formula is C21H28. The summed E-state index contributed by atoms with van der Waals surface area (Å²) in [6.45, 7) is 11.2. The molecule has 1 aromatic rings. The maximum Gasteiger partial charge on any atom is 0.0143 e. The van der Waals surface area contributed by atoms with Gasteiger partial charge in [0.2, 0.25) is 0 Å². The van der Waals surface area contributed by atoms with Gasteiger partial charge in [-0.3, -0.25) is 0 Å². The zero-order chi connectivity index (χ0) is 15.5. The number of rotatable bonds is 4. The molecule has 0 amide bonds. The zero-order valence-corrected chi connectivity index (χ0v) is 14.1. The van der Waals surface area contributed by atoms with Gasteiger partial charge in [0.05, 0.1) is 0 Å². The molecule has 1 aliphatic carbocycles. The standard InChI is InChI=1S/C21H28/c1-6-7-17(3)18-10-14-20(15-11-18)21(4,5)19-12-8-16(2)9-13-19/h6-10,12-15,17-18H,11H2,1-5H3. The molecule has 0 radical (unpaired) electrons. The van der Waals surface area contributed by atoms with Crippen molar-refractivity contribution in [2.45, 2.75) is 46.5 Å². The predicted octanol–water partition coefficient (Wildman–Crippen LogP) is 5.99. The lowest BCUT2D eigenvalue weighted by atomic mass is 9.73. The van der Waals surface area contributed by atoms with Crippen LogP contribution in [0.15, 0.2) is 60.2 Å². The Labute approximate surface area is 130 Å². The highest BCUT2D eigenvalue weighted by Gasteiger charge is 2.26. The number of allylic oxidation sites excluding steroid dienone is 6. The number of benzene rings is 1. The summed E-state index contributed by atoms with van der Waals surface area (Å²) in [5, 5.41) is 0. The van der Waals surface area contributed by atoms with Crippen LogP contribution in [0.5, 0.6) is 0 Å². The van der Waals surface area contributed by atoms with Crippen LogP contribution in [0.3, 0.4) is 0 Å². The van der Waals surface area contributed by atoms with Crippen LogP contribution < -0.4 is 0 Å². The second-order valence-electron chi connectivity index (χ2n) is 6.79. The van der Waals surface area contributed by atoms with Crippen LogP contribution in [0.2, 0.25) is 0 Å². The molecule has 0 N–H and O–H groups in total. The van der Waals surface area contributed by atoms with Crippen molar-refractivity contribution >= 4 is 0 Å². The first kappa shape index (κ1) is 15.8. The molecule has 112 valence electrons. The number of hydrogen-bond acceptors (Lipinski definition) is 0. The molecule has 0 heterocycles. The summed E-state index contributed by atoms with van der Waals surface area (Å²) >= 11 is 0. The van der Waals surface area contributed by atoms with E-state index in [0.717, 1.165) is 6.42 Å². The van der Waals surface area contributed by atoms with Gasteiger partial charge in [-0.1, -0.05) is 81.0 Å². The molecule has 0 saturated heterocycles. The first-order valence-electron chi connectivity index (χ1n) is 8.04. The van der Waals surface area contributed by atoms with Crippen LogP contribution in [0.25, 0.3) is 0 Å². The number of aryl methyl sites for hydroxylation is 1. The summed E-state index contributed by atoms with van der Waals surface area (Å²) < 4.78 is 0. The van der Waals surface area contributed by atoms with Gasteiger partial charge in [-0.05, 0) is 43.2 Å². The second kappa shape index (κ2) is 6.47. The molecule has 0 bridgehead atoms. The van der Waals surface area contributed by atoms with E-state index in [1.54, 1.807) is 0 Å². The van der Waals surface area contributed by atoms with E-state index in [9.17, 15) is 0 Å². The predicted molar refractivity (Wildman–Crippen MR) is 93.5 cm³/mol. The molecule has 2 atom stereocenters. The normalized spacial score (nSPS) is 20.6. The van der Waals surface area contributed by atoms with Crippen LogP contribution in [0.1, 0.15) is 45.2 Å². The summed E-state index contributed by atoms with van der Waals surface area (Å²) in [5.74, 6) is 1.25. The summed E-state index contributed by atoms with van der Waals surface area (Å²) in [6, 6.07) is 8.94. The maximum atomic E-state index is 2.44. The largest absolute Gasteiger partial charge is 0.0914 e. The Morgan fingerprint density at radius 1 is 1.19 bits per heavy atom. The van der Waals surface area contributed by atoms with E-state index in [2.05, 4.69) is 89.3 Å². The molecule has 1 aromatic carbocycles. The Morgan fingerprint density at radius 3 is 2.38 bits per heavy atom. The van der Waals surface area contributed by atoms with Gasteiger partial charge < -0.3 is 0 Å². The molecule has 0 nitrogen and oxygen atoms in total. The first-order chi connectivity index (χ1) is 9.95. The van der Waals surface area contributed by atoms with Crippen molar-refractivity contribution in [2.75, 3.05) is 0 Å². The lowest BCUT2D eigenvalue weighted by Gasteiger charge is -2.31. The van der Waals surface area contributed by atoms with Crippen molar-refractivity contribution in [1.82, 2.24) is 0 Å². The highest BCUT2D eigenvalue weighted by atomic mass is 14.3. The van der Waals surface area contributed by atoms with E-state index in [4.69, 9.17) is 0 Å². The van der Waals surface area contributed by atoms with Crippen molar-refractivity contribution in [3.8, 4) is 0 Å². The average molecular weight is 280 g/mol. The summed E-state index contributed by atoms with van der Waals surface area (Å²) in [4.78, 5) is 0. The quantitative estimate of drug-likeness (QED) is 0.594. The molecule has 0 heteroatoms. The van der Waals surface area contributed by atoms with Gasteiger partial charge in [-0.25, -0.2) is 0 Å². The zero-order valence-electron chi connectivity index (χ0n) is 14.1. The minimum Gasteiger partial charge on any atom is -0.0914 e. The van der Waals surface area contributed by atoms with E-state index in [-0.39, 0.29) is 5.41 Å². The molecular weight excluding hydrogens is 252 g/mol. The number of hydrogen-bond donors (Lipinski definition) is 0. The third-order valence-electron chi connectivity index (χ3n) is 4.80. The molecule has 0 aromatic heterocycles. The molecule has 1 aliphatic rings. The molecule has 0 saturated carbocycles. The topological polar surface area (TPSA) is 0 Å². The van der Waals surface area contributed by atoms with Crippen LogP contribution in [0.4, 0.5) is 0 Å². The highest BCUT2D eigenvalue weighted by Crippen LogP contribution is 2.36. The van der Waals surface area contributed by atoms with Gasteiger partial charge in [-0.2, -0.15) is 0 Å². The lowest BCUT2D eigenvalue weighted by Crippen LogP contribution is -2.22. The monoisotopic (exact) mass is 280 g/mol. The van der Waals surface area contributed by atoms with E-state index < -0.39 is 0 Å². The van der Waals surface area contributed by atoms with Crippen molar-refractivity contribution < 1.29 is 0 Å². The smallest absolute Gasteiger partial charge is 0.0143 e. The molecule has 21 heavy (non-hydrogen) atoms. The van der Waals surface area contributed by atoms with E-state index in [1.807, 2.05) is 0 Å². The first-order valence-corrected chi connectivity index (χ1v) is 8.04. The Bertz CT molecular complexity index is 552. The fraction of sp³-hybridized carbons (Fsp3) is 0.429. The fourth-order valence-corrected chi connectivity index (χ4v) is 3.07. The summed E-state index contributed by atoms with van der Waals surface area (Å²) in [7, 11) is 0. The van der Waals surface area contributed by atoms with Crippen LogP contribution in [0, 0.1) is 18.8 Å². The molecule has 0 aliphatic heterocycles. The third-order valence-corrected chi connectivity index (χ3v) is 4.80. The average Bonchev–Trinajstić information content (AvgIpc) is 2.48. The van der Waals surface area contributed by atoms with Gasteiger partial charge in [-0.15, -0.1) is 0 Å². The molecule has 0 spiro atoms.